The summed E-state index contributed by atoms with van der Waals surface area (Å²) in [7, 11) is 0. The topological polar surface area (TPSA) is 58.6 Å². The van der Waals surface area contributed by atoms with Crippen molar-refractivity contribution in [2.75, 3.05) is 16.8 Å². The molecule has 1 N–H and O–H groups in total. The second-order valence-electron chi connectivity index (χ2n) is 5.24. The zero-order chi connectivity index (χ0) is 16.2. The smallest absolute Gasteiger partial charge is 0.256 e. The molecule has 118 valence electrons. The third-order valence-corrected chi connectivity index (χ3v) is 3.67. The van der Waals surface area contributed by atoms with Crippen LogP contribution in [0.15, 0.2) is 54.6 Å². The second-order valence-corrected chi connectivity index (χ2v) is 5.24. The molecule has 0 saturated carbocycles. The summed E-state index contributed by atoms with van der Waals surface area (Å²) in [6.45, 7) is 2.34. The van der Waals surface area contributed by atoms with E-state index in [4.69, 9.17) is 4.74 Å². The highest BCUT2D eigenvalue weighted by Gasteiger charge is 2.40. The number of imide groups is 1. The van der Waals surface area contributed by atoms with Gasteiger partial charge in [0.05, 0.1) is 18.7 Å². The third-order valence-electron chi connectivity index (χ3n) is 3.67. The Morgan fingerprint density at radius 3 is 2.52 bits per heavy atom. The van der Waals surface area contributed by atoms with E-state index < -0.39 is 6.04 Å². The molecule has 1 aliphatic heterocycles. The SMILES string of the molecule is CCOc1ccccc1N1C(=O)CC(Nc2ccccc2)C1=O. The Balaban J connectivity index is 1.85. The molecule has 1 unspecified atom stereocenters. The first-order chi connectivity index (χ1) is 11.2. The van der Waals surface area contributed by atoms with Gasteiger partial charge < -0.3 is 10.1 Å². The molecular formula is C18H18N2O3. The number of nitrogens with one attached hydrogen (secondary N) is 1. The molecule has 0 bridgehead atoms. The van der Waals surface area contributed by atoms with Crippen molar-refractivity contribution < 1.29 is 14.3 Å². The van der Waals surface area contributed by atoms with Gasteiger partial charge >= 0.3 is 0 Å². The largest absolute Gasteiger partial charge is 0.492 e. The lowest BCUT2D eigenvalue weighted by Gasteiger charge is -2.19. The van der Waals surface area contributed by atoms with Gasteiger partial charge in [-0.15, -0.1) is 0 Å². The van der Waals surface area contributed by atoms with E-state index in [0.29, 0.717) is 18.0 Å². The van der Waals surface area contributed by atoms with Crippen LogP contribution in [-0.4, -0.2) is 24.5 Å². The lowest BCUT2D eigenvalue weighted by atomic mass is 10.2. The van der Waals surface area contributed by atoms with Gasteiger partial charge in [0, 0.05) is 5.69 Å². The molecule has 1 fully saturated rings. The Morgan fingerprint density at radius 2 is 1.78 bits per heavy atom. The molecule has 0 aromatic heterocycles. The van der Waals surface area contributed by atoms with E-state index in [1.165, 1.54) is 4.90 Å². The van der Waals surface area contributed by atoms with E-state index in [-0.39, 0.29) is 18.2 Å². The lowest BCUT2D eigenvalue weighted by Crippen LogP contribution is -2.35. The van der Waals surface area contributed by atoms with E-state index in [1.54, 1.807) is 18.2 Å². The zero-order valence-electron chi connectivity index (χ0n) is 12.9. The van der Waals surface area contributed by atoms with Crippen LogP contribution < -0.4 is 15.0 Å². The Bertz CT molecular complexity index is 715. The van der Waals surface area contributed by atoms with E-state index in [1.807, 2.05) is 43.3 Å². The number of benzene rings is 2. The maximum absolute atomic E-state index is 12.7. The summed E-state index contributed by atoms with van der Waals surface area (Å²) in [5.74, 6) is 0.0543. The first-order valence-electron chi connectivity index (χ1n) is 7.61. The van der Waals surface area contributed by atoms with Crippen molar-refractivity contribution in [2.24, 2.45) is 0 Å². The normalized spacial score (nSPS) is 17.4. The maximum atomic E-state index is 12.7. The minimum atomic E-state index is -0.556. The van der Waals surface area contributed by atoms with Gasteiger partial charge in [0.2, 0.25) is 5.91 Å². The summed E-state index contributed by atoms with van der Waals surface area (Å²) < 4.78 is 5.53. The average Bonchev–Trinajstić information content (AvgIpc) is 2.83. The zero-order valence-corrected chi connectivity index (χ0v) is 12.9. The van der Waals surface area contributed by atoms with Crippen LogP contribution in [0.2, 0.25) is 0 Å². The van der Waals surface area contributed by atoms with Crippen LogP contribution in [0.1, 0.15) is 13.3 Å². The van der Waals surface area contributed by atoms with Crippen molar-refractivity contribution in [3.8, 4) is 5.75 Å². The van der Waals surface area contributed by atoms with Crippen molar-refractivity contribution in [3.63, 3.8) is 0 Å². The summed E-state index contributed by atoms with van der Waals surface area (Å²) in [5.41, 5.74) is 1.32. The standard InChI is InChI=1S/C18H18N2O3/c1-2-23-16-11-7-6-10-15(16)20-17(21)12-14(18(20)22)19-13-8-4-3-5-9-13/h3-11,14,19H,2,12H2,1H3. The Kier molecular flexibility index (Phi) is 4.28. The molecule has 1 aliphatic rings. The van der Waals surface area contributed by atoms with Crippen LogP contribution in [0.25, 0.3) is 0 Å². The monoisotopic (exact) mass is 310 g/mol. The van der Waals surface area contributed by atoms with Gasteiger partial charge in [0.25, 0.3) is 5.91 Å². The molecule has 1 saturated heterocycles. The van der Waals surface area contributed by atoms with Gasteiger partial charge in [-0.25, -0.2) is 4.90 Å². The molecule has 5 nitrogen and oxygen atoms in total. The molecule has 2 amide bonds. The number of hydrogen-bond acceptors (Lipinski definition) is 4. The number of nitrogens with zero attached hydrogens (tertiary/aromatic N) is 1. The fourth-order valence-electron chi connectivity index (χ4n) is 2.65. The summed E-state index contributed by atoms with van der Waals surface area (Å²) in [5, 5.41) is 3.12. The van der Waals surface area contributed by atoms with Crippen molar-refractivity contribution in [2.45, 2.75) is 19.4 Å². The van der Waals surface area contributed by atoms with Gasteiger partial charge in [-0.2, -0.15) is 0 Å². The number of rotatable bonds is 5. The number of ether oxygens (including phenoxy) is 1. The summed E-state index contributed by atoms with van der Waals surface area (Å²) in [6.07, 6.45) is 0.133. The Morgan fingerprint density at radius 1 is 1.09 bits per heavy atom. The molecule has 1 atom stereocenters. The second kappa shape index (κ2) is 6.52. The van der Waals surface area contributed by atoms with Crippen LogP contribution in [0.3, 0.4) is 0 Å². The molecule has 5 heteroatoms. The van der Waals surface area contributed by atoms with Crippen molar-refractivity contribution in [1.29, 1.82) is 0 Å². The average molecular weight is 310 g/mol. The minimum absolute atomic E-state index is 0.133. The number of anilines is 2. The van der Waals surface area contributed by atoms with Crippen molar-refractivity contribution in [1.82, 2.24) is 0 Å². The Hall–Kier alpha value is -2.82. The van der Waals surface area contributed by atoms with Crippen LogP contribution in [0.4, 0.5) is 11.4 Å². The number of hydrogen-bond donors (Lipinski definition) is 1. The van der Waals surface area contributed by atoms with Crippen molar-refractivity contribution in [3.05, 3.63) is 54.6 Å². The molecule has 2 aromatic carbocycles. The predicted molar refractivity (Wildman–Crippen MR) is 88.6 cm³/mol. The molecule has 1 heterocycles. The molecule has 0 radical (unpaired) electrons. The van der Waals surface area contributed by atoms with E-state index in [2.05, 4.69) is 5.32 Å². The van der Waals surface area contributed by atoms with Gasteiger partial charge in [-0.3, -0.25) is 9.59 Å². The van der Waals surface area contributed by atoms with Crippen LogP contribution >= 0.6 is 0 Å². The summed E-state index contributed by atoms with van der Waals surface area (Å²) in [6, 6.07) is 15.9. The molecule has 2 aromatic rings. The highest BCUT2D eigenvalue weighted by molar-refractivity contribution is 6.23. The third kappa shape index (κ3) is 3.04. The number of carbonyl (C=O) groups is 2. The first kappa shape index (κ1) is 15.1. The number of para-hydroxylation sites is 3. The van der Waals surface area contributed by atoms with Gasteiger partial charge in [0.1, 0.15) is 11.8 Å². The van der Waals surface area contributed by atoms with Crippen molar-refractivity contribution >= 4 is 23.2 Å². The first-order valence-corrected chi connectivity index (χ1v) is 7.61. The quantitative estimate of drug-likeness (QED) is 0.863. The number of amides is 2. The highest BCUT2D eigenvalue weighted by atomic mass is 16.5. The molecule has 3 rings (SSSR count). The van der Waals surface area contributed by atoms with Gasteiger partial charge in [-0.05, 0) is 31.2 Å². The van der Waals surface area contributed by atoms with Crippen LogP contribution in [-0.2, 0) is 9.59 Å². The summed E-state index contributed by atoms with van der Waals surface area (Å²) in [4.78, 5) is 26.2. The maximum Gasteiger partial charge on any atom is 0.256 e. The summed E-state index contributed by atoms with van der Waals surface area (Å²) >= 11 is 0. The fourth-order valence-corrected chi connectivity index (χ4v) is 2.65. The van der Waals surface area contributed by atoms with E-state index in [9.17, 15) is 9.59 Å². The van der Waals surface area contributed by atoms with E-state index >= 15 is 0 Å². The molecule has 23 heavy (non-hydrogen) atoms. The predicted octanol–water partition coefficient (Wildman–Crippen LogP) is 2.83. The van der Waals surface area contributed by atoms with Crippen LogP contribution in [0.5, 0.6) is 5.75 Å². The van der Waals surface area contributed by atoms with Gasteiger partial charge in [-0.1, -0.05) is 30.3 Å². The minimum Gasteiger partial charge on any atom is -0.492 e. The highest BCUT2D eigenvalue weighted by Crippen LogP contribution is 2.32. The van der Waals surface area contributed by atoms with Gasteiger partial charge in [0.15, 0.2) is 0 Å². The van der Waals surface area contributed by atoms with E-state index in [0.717, 1.165) is 5.69 Å². The molecular weight excluding hydrogens is 292 g/mol. The fraction of sp³-hybridized carbons (Fsp3) is 0.222. The molecule has 0 spiro atoms. The van der Waals surface area contributed by atoms with Crippen LogP contribution in [0, 0.1) is 0 Å². The Labute approximate surface area is 134 Å². The molecule has 0 aliphatic carbocycles. The lowest BCUT2D eigenvalue weighted by molar-refractivity contribution is -0.121. The number of carbonyl (C=O) groups excluding carboxylic acids is 2.